The Morgan fingerprint density at radius 2 is 1.97 bits per heavy atom. The van der Waals surface area contributed by atoms with Crippen LogP contribution in [0, 0.1) is 6.92 Å². The van der Waals surface area contributed by atoms with Crippen LogP contribution in [0.15, 0.2) is 46.9 Å². The molecule has 0 radical (unpaired) electrons. The molecule has 2 atom stereocenters. The van der Waals surface area contributed by atoms with Gasteiger partial charge in [0, 0.05) is 37.6 Å². The van der Waals surface area contributed by atoms with Gasteiger partial charge in [0.05, 0.1) is 18.5 Å². The van der Waals surface area contributed by atoms with Crippen LogP contribution in [0.2, 0.25) is 0 Å². The van der Waals surface area contributed by atoms with E-state index in [9.17, 15) is 19.2 Å². The number of aliphatic imine (C=N–C) groups is 1. The zero-order valence-corrected chi connectivity index (χ0v) is 24.8. The van der Waals surface area contributed by atoms with Crippen molar-refractivity contribution in [2.24, 2.45) is 16.5 Å². The van der Waals surface area contributed by atoms with Crippen molar-refractivity contribution in [3.63, 3.8) is 0 Å². The van der Waals surface area contributed by atoms with Crippen molar-refractivity contribution >= 4 is 40.8 Å². The van der Waals surface area contributed by atoms with E-state index < -0.39 is 23.9 Å². The fourth-order valence-electron chi connectivity index (χ4n) is 4.01. The third kappa shape index (κ3) is 9.19. The summed E-state index contributed by atoms with van der Waals surface area (Å²) < 4.78 is 0. The molecule has 1 aliphatic rings. The first kappa shape index (κ1) is 30.9. The van der Waals surface area contributed by atoms with Gasteiger partial charge in [-0.3, -0.25) is 19.4 Å². The number of nitrogens with two attached hydrogens (primary N) is 2. The van der Waals surface area contributed by atoms with Gasteiger partial charge in [0.1, 0.15) is 6.04 Å². The molecule has 0 bridgehead atoms. The van der Waals surface area contributed by atoms with Crippen molar-refractivity contribution in [1.82, 2.24) is 20.1 Å². The van der Waals surface area contributed by atoms with Crippen LogP contribution in [0.25, 0.3) is 0 Å². The Labute approximate surface area is 264 Å². The van der Waals surface area contributed by atoms with Crippen LogP contribution in [0.1, 0.15) is 29.6 Å². The van der Waals surface area contributed by atoms with E-state index in [2.05, 4.69) is 22.2 Å². The van der Waals surface area contributed by atoms with Gasteiger partial charge in [-0.05, 0) is 18.4 Å². The van der Waals surface area contributed by atoms with Crippen molar-refractivity contribution in [2.75, 3.05) is 26.2 Å². The topological polar surface area (TPSA) is 164 Å². The minimum atomic E-state index is -0.837. The van der Waals surface area contributed by atoms with Gasteiger partial charge < -0.3 is 39.7 Å². The molecule has 13 heteroatoms. The molecule has 3 amide bonds. The van der Waals surface area contributed by atoms with E-state index in [0.29, 0.717) is 25.8 Å². The van der Waals surface area contributed by atoms with E-state index in [0.717, 1.165) is 5.56 Å². The second-order valence-electron chi connectivity index (χ2n) is 8.32. The molecule has 1 aliphatic heterocycles. The van der Waals surface area contributed by atoms with E-state index in [-0.39, 0.29) is 95.1 Å². The smallest absolute Gasteiger partial charge is 1.00 e. The molecule has 0 saturated carbocycles. The maximum atomic E-state index is 13.3. The molecule has 3 rings (SSSR count). The number of ketones is 1. The standard InChI is InChI=1S/C24H30N7O4S.K.H/c1-16(32)31-12-11-30(23(35)19(31)14-17-6-3-2-4-7-17)15-20(33)29-18(8-5-9-28-24(25)26)21(34)22-27-10-13-36-22;;/h2-4,6-7,10,13,18-19H,1,5,8-9,11-12,14-15H2,(H,29,33)(H4,25,26,28);;/q-1;+1;-1/t18-,19+;;/m0../s1/i;;1+2. The average Bonchev–Trinajstić information content (AvgIpc) is 3.38. The zero-order valence-electron chi connectivity index (χ0n) is 21.8. The fraction of sp³-hybridized carbons (Fsp3) is 0.375. The van der Waals surface area contributed by atoms with E-state index in [1.165, 1.54) is 27.3 Å². The molecule has 11 nitrogen and oxygen atoms in total. The first-order valence-corrected chi connectivity index (χ1v) is 12.4. The van der Waals surface area contributed by atoms with Crippen LogP contribution in [0.4, 0.5) is 0 Å². The van der Waals surface area contributed by atoms with Gasteiger partial charge in [0.15, 0.2) is 11.0 Å². The molecule has 1 fully saturated rings. The number of Topliss-reactive ketones (excluding diaryl/α,β-unsaturated/α-hetero) is 1. The maximum absolute atomic E-state index is 13.3. The molecule has 5 N–H and O–H groups in total. The number of hydrogen-bond acceptors (Lipinski definition) is 7. The SMILES string of the molecule is [3H-].[CH2-]C(=O)N1CCN(CC(=O)N[C@@H](CCCN=C(N)N)C(=O)c2nccs2)C(=O)[C@H]1Cc1ccccc1.[K+]. The number of nitrogens with zero attached hydrogens (tertiary/aromatic N) is 4. The Morgan fingerprint density at radius 3 is 2.59 bits per heavy atom. The second kappa shape index (κ2) is 15.2. The summed E-state index contributed by atoms with van der Waals surface area (Å²) in [6, 6.07) is 7.74. The summed E-state index contributed by atoms with van der Waals surface area (Å²) >= 11 is 1.18. The minimum Gasteiger partial charge on any atom is -1.00 e. The summed E-state index contributed by atoms with van der Waals surface area (Å²) in [4.78, 5) is 62.0. The minimum absolute atomic E-state index is 0. The Hall–Kier alpha value is -2.29. The summed E-state index contributed by atoms with van der Waals surface area (Å²) in [5, 5.41) is 4.70. The number of carbonyl (C=O) groups is 4. The number of rotatable bonds is 11. The molecule has 37 heavy (non-hydrogen) atoms. The zero-order chi connectivity index (χ0) is 26.1. The third-order valence-corrected chi connectivity index (χ3v) is 6.54. The van der Waals surface area contributed by atoms with E-state index >= 15 is 0 Å². The summed E-state index contributed by atoms with van der Waals surface area (Å²) in [6.07, 6.45) is 2.59. The predicted octanol–water partition coefficient (Wildman–Crippen LogP) is -2.90. The Bertz CT molecular complexity index is 1100. The van der Waals surface area contributed by atoms with Crippen LogP contribution < -0.4 is 68.2 Å². The first-order chi connectivity index (χ1) is 17.3. The number of piperazine rings is 1. The molecule has 2 aromatic rings. The van der Waals surface area contributed by atoms with Gasteiger partial charge in [-0.15, -0.1) is 11.3 Å². The number of nitrogens with one attached hydrogen (secondary N) is 1. The predicted molar refractivity (Wildman–Crippen MR) is 137 cm³/mol. The number of benzene rings is 1. The van der Waals surface area contributed by atoms with Crippen LogP contribution in [0.5, 0.6) is 0 Å². The molecule has 1 saturated heterocycles. The van der Waals surface area contributed by atoms with Crippen molar-refractivity contribution in [2.45, 2.75) is 31.3 Å². The van der Waals surface area contributed by atoms with E-state index in [4.69, 9.17) is 11.5 Å². The number of aromatic nitrogens is 1. The molecular weight excluding hydrogens is 521 g/mol. The second-order valence-corrected chi connectivity index (χ2v) is 9.22. The number of hydrogen-bond donors (Lipinski definition) is 3. The molecule has 1 aromatic carbocycles. The largest absolute Gasteiger partial charge is 1.00 e. The van der Waals surface area contributed by atoms with Crippen molar-refractivity contribution in [1.29, 1.82) is 0 Å². The van der Waals surface area contributed by atoms with Gasteiger partial charge in [0.2, 0.25) is 17.6 Å². The Kier molecular flexibility index (Phi) is 12.7. The number of guanidine groups is 1. The molecule has 194 valence electrons. The number of thiazole rings is 1. The number of carbonyl (C=O) groups excluding carboxylic acids is 4. The first-order valence-electron chi connectivity index (χ1n) is 11.5. The van der Waals surface area contributed by atoms with Gasteiger partial charge in [-0.25, -0.2) is 4.98 Å². The van der Waals surface area contributed by atoms with Gasteiger partial charge in [-0.2, -0.15) is 0 Å². The summed E-state index contributed by atoms with van der Waals surface area (Å²) in [5.41, 5.74) is 11.6. The van der Waals surface area contributed by atoms with Crippen LogP contribution in [-0.2, 0) is 20.8 Å². The quantitative estimate of drug-likeness (QED) is 0.0669. The third-order valence-electron chi connectivity index (χ3n) is 5.75. The summed E-state index contributed by atoms with van der Waals surface area (Å²) in [5.74, 6) is -1.63. The van der Waals surface area contributed by atoms with Crippen molar-refractivity contribution in [3.05, 3.63) is 59.4 Å². The Morgan fingerprint density at radius 1 is 1.24 bits per heavy atom. The van der Waals surface area contributed by atoms with Crippen LogP contribution >= 0.6 is 11.3 Å². The molecule has 0 aliphatic carbocycles. The molecule has 0 unspecified atom stereocenters. The Balaban J connectivity index is 0.00000361. The van der Waals surface area contributed by atoms with Gasteiger partial charge in [0.25, 0.3) is 0 Å². The normalized spacial score (nSPS) is 15.9. The van der Waals surface area contributed by atoms with E-state index in [1.54, 1.807) is 5.38 Å². The van der Waals surface area contributed by atoms with Gasteiger partial charge >= 0.3 is 51.4 Å². The fourth-order valence-corrected chi connectivity index (χ4v) is 4.64. The van der Waals surface area contributed by atoms with Crippen LogP contribution in [-0.4, -0.2) is 82.5 Å². The average molecular weight is 555 g/mol. The maximum Gasteiger partial charge on any atom is 1.00 e. The molecule has 2 heterocycles. The molecule has 1 aromatic heterocycles. The number of amides is 3. The van der Waals surface area contributed by atoms with Crippen molar-refractivity contribution < 1.29 is 72.0 Å². The summed E-state index contributed by atoms with van der Waals surface area (Å²) in [7, 11) is 0. The van der Waals surface area contributed by atoms with Crippen molar-refractivity contribution in [3.8, 4) is 0 Å². The summed E-state index contributed by atoms with van der Waals surface area (Å²) in [6.45, 7) is 3.99. The molecular formula is C24H31KN7O4S-. The van der Waals surface area contributed by atoms with Crippen LogP contribution in [0.3, 0.4) is 0 Å². The van der Waals surface area contributed by atoms with E-state index in [1.807, 2.05) is 30.3 Å². The monoisotopic (exact) mass is 554 g/mol. The molecule has 0 spiro atoms. The van der Waals surface area contributed by atoms with Gasteiger partial charge in [-0.1, -0.05) is 30.3 Å².